The van der Waals surface area contributed by atoms with Gasteiger partial charge in [-0.15, -0.1) is 0 Å². The molecule has 1 heterocycles. The fraction of sp³-hybridized carbons (Fsp3) is 0.409. The maximum Gasteiger partial charge on any atom is 0.263 e. The number of carbonyl (C=O) groups is 1. The van der Waals surface area contributed by atoms with Gasteiger partial charge in [-0.05, 0) is 42.5 Å². The SMILES string of the molecule is CC(Oc1ccccc1Cc1ccccc1)C(=O)N1CCC(C)(CN)C1. The second-order valence-corrected chi connectivity index (χ2v) is 7.55. The van der Waals surface area contributed by atoms with Crippen molar-refractivity contribution in [3.8, 4) is 5.75 Å². The summed E-state index contributed by atoms with van der Waals surface area (Å²) < 4.78 is 6.07. The molecule has 2 unspecified atom stereocenters. The molecule has 0 spiro atoms. The molecule has 2 aromatic rings. The van der Waals surface area contributed by atoms with Crippen LogP contribution in [0.2, 0.25) is 0 Å². The lowest BCUT2D eigenvalue weighted by Crippen LogP contribution is -2.41. The van der Waals surface area contributed by atoms with Crippen LogP contribution in [-0.4, -0.2) is 36.5 Å². The van der Waals surface area contributed by atoms with E-state index in [-0.39, 0.29) is 11.3 Å². The predicted molar refractivity (Wildman–Crippen MR) is 104 cm³/mol. The molecule has 0 saturated carbocycles. The van der Waals surface area contributed by atoms with Crippen molar-refractivity contribution in [1.82, 2.24) is 4.90 Å². The highest BCUT2D eigenvalue weighted by Gasteiger charge is 2.36. The van der Waals surface area contributed by atoms with Gasteiger partial charge >= 0.3 is 0 Å². The largest absolute Gasteiger partial charge is 0.481 e. The molecule has 3 rings (SSSR count). The standard InChI is InChI=1S/C22H28N2O2/c1-17(21(25)24-13-12-22(2,15-23)16-24)26-20-11-7-6-10-19(20)14-18-8-4-3-5-9-18/h3-11,17H,12-16,23H2,1-2H3. The van der Waals surface area contributed by atoms with Gasteiger partial charge in [-0.3, -0.25) is 4.79 Å². The number of likely N-dealkylation sites (tertiary alicyclic amines) is 1. The van der Waals surface area contributed by atoms with Crippen LogP contribution < -0.4 is 10.5 Å². The summed E-state index contributed by atoms with van der Waals surface area (Å²) in [6, 6.07) is 18.2. The number of amides is 1. The van der Waals surface area contributed by atoms with Crippen molar-refractivity contribution in [2.45, 2.75) is 32.8 Å². The zero-order valence-electron chi connectivity index (χ0n) is 15.7. The van der Waals surface area contributed by atoms with Crippen LogP contribution in [0, 0.1) is 5.41 Å². The zero-order chi connectivity index (χ0) is 18.6. The molecule has 1 saturated heterocycles. The van der Waals surface area contributed by atoms with Crippen LogP contribution in [0.25, 0.3) is 0 Å². The van der Waals surface area contributed by atoms with Gasteiger partial charge in [0.15, 0.2) is 6.10 Å². The molecular weight excluding hydrogens is 324 g/mol. The molecule has 2 N–H and O–H groups in total. The van der Waals surface area contributed by atoms with E-state index in [1.165, 1.54) is 5.56 Å². The quantitative estimate of drug-likeness (QED) is 0.868. The number of benzene rings is 2. The van der Waals surface area contributed by atoms with E-state index in [9.17, 15) is 4.79 Å². The third-order valence-electron chi connectivity index (χ3n) is 5.22. The summed E-state index contributed by atoms with van der Waals surface area (Å²) in [5.41, 5.74) is 8.19. The molecule has 26 heavy (non-hydrogen) atoms. The van der Waals surface area contributed by atoms with Crippen molar-refractivity contribution in [3.63, 3.8) is 0 Å². The lowest BCUT2D eigenvalue weighted by molar-refractivity contribution is -0.137. The molecule has 2 atom stereocenters. The molecule has 1 aliphatic heterocycles. The van der Waals surface area contributed by atoms with Crippen LogP contribution in [0.5, 0.6) is 5.75 Å². The molecule has 1 fully saturated rings. The molecule has 4 nitrogen and oxygen atoms in total. The van der Waals surface area contributed by atoms with Gasteiger partial charge in [-0.25, -0.2) is 0 Å². The first-order valence-corrected chi connectivity index (χ1v) is 9.28. The third kappa shape index (κ3) is 4.25. The Balaban J connectivity index is 1.68. The summed E-state index contributed by atoms with van der Waals surface area (Å²) in [6.45, 7) is 6.04. The first-order chi connectivity index (χ1) is 12.5. The highest BCUT2D eigenvalue weighted by Crippen LogP contribution is 2.29. The maximum atomic E-state index is 12.8. The molecule has 0 aromatic heterocycles. The first-order valence-electron chi connectivity index (χ1n) is 9.28. The third-order valence-corrected chi connectivity index (χ3v) is 5.22. The second-order valence-electron chi connectivity index (χ2n) is 7.55. The van der Waals surface area contributed by atoms with Crippen molar-refractivity contribution in [2.24, 2.45) is 11.1 Å². The second kappa shape index (κ2) is 7.92. The first kappa shape index (κ1) is 18.5. The van der Waals surface area contributed by atoms with Crippen LogP contribution in [0.3, 0.4) is 0 Å². The molecule has 138 valence electrons. The number of nitrogens with two attached hydrogens (primary N) is 1. The van der Waals surface area contributed by atoms with Crippen molar-refractivity contribution in [3.05, 3.63) is 65.7 Å². The van der Waals surface area contributed by atoms with Gasteiger partial charge in [0.2, 0.25) is 0 Å². The Kier molecular flexibility index (Phi) is 5.62. The fourth-order valence-corrected chi connectivity index (χ4v) is 3.46. The fourth-order valence-electron chi connectivity index (χ4n) is 3.46. The number of hydrogen-bond donors (Lipinski definition) is 1. The van der Waals surface area contributed by atoms with Crippen LogP contribution in [0.4, 0.5) is 0 Å². The van der Waals surface area contributed by atoms with Gasteiger partial charge in [0.05, 0.1) is 0 Å². The van der Waals surface area contributed by atoms with Crippen molar-refractivity contribution in [2.75, 3.05) is 19.6 Å². The van der Waals surface area contributed by atoms with E-state index < -0.39 is 6.10 Å². The number of hydrogen-bond acceptors (Lipinski definition) is 3. The Morgan fingerprint density at radius 3 is 2.58 bits per heavy atom. The van der Waals surface area contributed by atoms with Crippen molar-refractivity contribution >= 4 is 5.91 Å². The lowest BCUT2D eigenvalue weighted by Gasteiger charge is -2.25. The number of carbonyl (C=O) groups excluding carboxylic acids is 1. The maximum absolute atomic E-state index is 12.8. The average Bonchev–Trinajstić information content (AvgIpc) is 3.06. The van der Waals surface area contributed by atoms with E-state index >= 15 is 0 Å². The highest BCUT2D eigenvalue weighted by atomic mass is 16.5. The smallest absolute Gasteiger partial charge is 0.263 e. The molecular formula is C22H28N2O2. The lowest BCUT2D eigenvalue weighted by atomic mass is 9.90. The van der Waals surface area contributed by atoms with E-state index in [2.05, 4.69) is 25.1 Å². The summed E-state index contributed by atoms with van der Waals surface area (Å²) in [4.78, 5) is 14.7. The summed E-state index contributed by atoms with van der Waals surface area (Å²) in [5, 5.41) is 0. The van der Waals surface area contributed by atoms with Gasteiger partial charge in [-0.2, -0.15) is 0 Å². The monoisotopic (exact) mass is 352 g/mol. The summed E-state index contributed by atoms with van der Waals surface area (Å²) in [5.74, 6) is 0.815. The predicted octanol–water partition coefficient (Wildman–Crippen LogP) is 3.24. The Hall–Kier alpha value is -2.33. The van der Waals surface area contributed by atoms with E-state index in [0.717, 1.165) is 30.7 Å². The average molecular weight is 352 g/mol. The number of para-hydroxylation sites is 1. The molecule has 0 bridgehead atoms. The van der Waals surface area contributed by atoms with Crippen LogP contribution in [0.15, 0.2) is 54.6 Å². The van der Waals surface area contributed by atoms with Crippen LogP contribution in [0.1, 0.15) is 31.4 Å². The molecule has 4 heteroatoms. The Morgan fingerprint density at radius 2 is 1.88 bits per heavy atom. The van der Waals surface area contributed by atoms with E-state index in [1.54, 1.807) is 0 Å². The molecule has 1 amide bonds. The van der Waals surface area contributed by atoms with E-state index in [0.29, 0.717) is 13.1 Å². The summed E-state index contributed by atoms with van der Waals surface area (Å²) in [6.07, 6.45) is 1.23. The van der Waals surface area contributed by atoms with E-state index in [4.69, 9.17) is 10.5 Å². The highest BCUT2D eigenvalue weighted by molar-refractivity contribution is 5.81. The molecule has 0 aliphatic carbocycles. The topological polar surface area (TPSA) is 55.6 Å². The van der Waals surface area contributed by atoms with Gasteiger partial charge < -0.3 is 15.4 Å². The minimum atomic E-state index is -0.507. The molecule has 1 aliphatic rings. The summed E-state index contributed by atoms with van der Waals surface area (Å²) in [7, 11) is 0. The minimum Gasteiger partial charge on any atom is -0.481 e. The molecule has 0 radical (unpaired) electrons. The Morgan fingerprint density at radius 1 is 1.19 bits per heavy atom. The van der Waals surface area contributed by atoms with Gasteiger partial charge in [-0.1, -0.05) is 55.5 Å². The zero-order valence-corrected chi connectivity index (χ0v) is 15.7. The number of nitrogens with zero attached hydrogens (tertiary/aromatic N) is 1. The van der Waals surface area contributed by atoms with E-state index in [1.807, 2.05) is 48.2 Å². The van der Waals surface area contributed by atoms with Gasteiger partial charge in [0.25, 0.3) is 5.91 Å². The van der Waals surface area contributed by atoms with Crippen LogP contribution in [-0.2, 0) is 11.2 Å². The molecule has 2 aromatic carbocycles. The summed E-state index contributed by atoms with van der Waals surface area (Å²) >= 11 is 0. The minimum absolute atomic E-state index is 0.0284. The Labute approximate surface area is 156 Å². The van der Waals surface area contributed by atoms with Crippen LogP contribution >= 0.6 is 0 Å². The normalized spacial score (nSPS) is 20.8. The van der Waals surface area contributed by atoms with Crippen molar-refractivity contribution in [1.29, 1.82) is 0 Å². The van der Waals surface area contributed by atoms with Gasteiger partial charge in [0, 0.05) is 19.5 Å². The number of ether oxygens (including phenoxy) is 1. The number of rotatable bonds is 6. The van der Waals surface area contributed by atoms with Gasteiger partial charge in [0.1, 0.15) is 5.75 Å². The van der Waals surface area contributed by atoms with Crippen molar-refractivity contribution < 1.29 is 9.53 Å². The Bertz CT molecular complexity index is 747.